The lowest BCUT2D eigenvalue weighted by Gasteiger charge is -2.47. The Labute approximate surface area is 175 Å². The molecule has 0 radical (unpaired) electrons. The van der Waals surface area contributed by atoms with Crippen molar-refractivity contribution in [1.29, 1.82) is 5.26 Å². The molecule has 5 rings (SSSR count). The average Bonchev–Trinajstić information content (AvgIpc) is 3.03. The molecule has 2 spiro atoms. The van der Waals surface area contributed by atoms with E-state index in [1.54, 1.807) is 13.1 Å². The fourth-order valence-corrected chi connectivity index (χ4v) is 4.54. The number of nitrogens with zero attached hydrogens (tertiary/aromatic N) is 3. The normalized spacial score (nSPS) is 30.0. The summed E-state index contributed by atoms with van der Waals surface area (Å²) in [4.78, 5) is 11.0. The molecule has 1 saturated heterocycles. The quantitative estimate of drug-likeness (QED) is 0.784. The van der Waals surface area contributed by atoms with Crippen LogP contribution in [0.4, 0.5) is 0 Å². The minimum absolute atomic E-state index is 0.215. The molecular weight excluding hydrogens is 380 g/mol. The molecule has 3 heterocycles. The Morgan fingerprint density at radius 2 is 2.07 bits per heavy atom. The lowest BCUT2D eigenvalue weighted by molar-refractivity contribution is -0.220. The van der Waals surface area contributed by atoms with Gasteiger partial charge in [-0.15, -0.1) is 0 Å². The largest absolute Gasteiger partial charge is 0.484 e. The number of benzene rings is 2. The van der Waals surface area contributed by atoms with Crippen molar-refractivity contribution < 1.29 is 14.3 Å². The maximum Gasteiger partial charge on any atom is 0.222 e. The number of guanidine groups is 1. The number of hydrogen-bond donors (Lipinski definition) is 1. The van der Waals surface area contributed by atoms with Crippen LogP contribution >= 0.6 is 0 Å². The van der Waals surface area contributed by atoms with Crippen molar-refractivity contribution >= 4 is 5.96 Å². The van der Waals surface area contributed by atoms with Gasteiger partial charge >= 0.3 is 0 Å². The predicted molar refractivity (Wildman–Crippen MR) is 111 cm³/mol. The van der Waals surface area contributed by atoms with Gasteiger partial charge in [0.1, 0.15) is 11.4 Å². The first-order chi connectivity index (χ1) is 14.4. The molecule has 0 aliphatic carbocycles. The minimum atomic E-state index is -0.959. The van der Waals surface area contributed by atoms with Crippen LogP contribution in [0.5, 0.6) is 5.75 Å². The van der Waals surface area contributed by atoms with Gasteiger partial charge in [-0.25, -0.2) is 14.9 Å². The maximum atomic E-state index is 9.25. The molecule has 2 N–H and O–H groups in total. The van der Waals surface area contributed by atoms with Gasteiger partial charge in [-0.05, 0) is 55.2 Å². The topological polar surface area (TPSA) is 93.1 Å². The van der Waals surface area contributed by atoms with E-state index in [2.05, 4.69) is 13.0 Å². The highest BCUT2D eigenvalue weighted by Gasteiger charge is 2.55. The fourth-order valence-electron chi connectivity index (χ4n) is 4.54. The third-order valence-electron chi connectivity index (χ3n) is 6.16. The summed E-state index contributed by atoms with van der Waals surface area (Å²) in [6.07, 6.45) is 2.52. The van der Waals surface area contributed by atoms with Crippen LogP contribution in [0.2, 0.25) is 0 Å². The van der Waals surface area contributed by atoms with E-state index in [4.69, 9.17) is 25.0 Å². The van der Waals surface area contributed by atoms with Crippen molar-refractivity contribution in [2.24, 2.45) is 10.7 Å². The second-order valence-corrected chi connectivity index (χ2v) is 8.37. The van der Waals surface area contributed by atoms with Crippen LogP contribution in [0, 0.1) is 11.3 Å². The smallest absolute Gasteiger partial charge is 0.222 e. The number of ether oxygens (including phenoxy) is 2. The van der Waals surface area contributed by atoms with Gasteiger partial charge in [0, 0.05) is 13.5 Å². The molecule has 1 fully saturated rings. The Morgan fingerprint density at radius 3 is 2.77 bits per heavy atom. The zero-order chi connectivity index (χ0) is 20.9. The van der Waals surface area contributed by atoms with Crippen LogP contribution in [0.1, 0.15) is 37.3 Å². The van der Waals surface area contributed by atoms with Crippen molar-refractivity contribution in [1.82, 2.24) is 5.06 Å². The number of rotatable bonds is 1. The summed E-state index contributed by atoms with van der Waals surface area (Å²) in [5.74, 6) is 1.06. The molecule has 154 valence electrons. The predicted octanol–water partition coefficient (Wildman–Crippen LogP) is 3.29. The summed E-state index contributed by atoms with van der Waals surface area (Å²) in [5.41, 5.74) is 8.01. The number of nitriles is 1. The Bertz CT molecular complexity index is 1070. The highest BCUT2D eigenvalue weighted by atomic mass is 16.7. The zero-order valence-electron chi connectivity index (χ0n) is 17.1. The number of aliphatic imine (C=N–C) groups is 1. The first kappa shape index (κ1) is 18.9. The SMILES string of the molecule is C[C@@H]1CC[C@@]2(CO1)CC1(N=C(N)N(C)O1)c1cc(-c3cccc(C#N)c3)ccc1O2. The summed E-state index contributed by atoms with van der Waals surface area (Å²) < 4.78 is 12.5. The van der Waals surface area contributed by atoms with E-state index in [1.165, 1.54) is 5.06 Å². The number of hydrogen-bond acceptors (Lipinski definition) is 7. The van der Waals surface area contributed by atoms with Crippen LogP contribution in [0.3, 0.4) is 0 Å². The number of nitrogens with two attached hydrogens (primary N) is 1. The third-order valence-corrected chi connectivity index (χ3v) is 6.16. The van der Waals surface area contributed by atoms with Crippen LogP contribution < -0.4 is 10.5 Å². The highest BCUT2D eigenvalue weighted by molar-refractivity contribution is 5.79. The van der Waals surface area contributed by atoms with Gasteiger partial charge in [0.25, 0.3) is 0 Å². The van der Waals surface area contributed by atoms with Gasteiger partial charge in [0.15, 0.2) is 0 Å². The Hall–Kier alpha value is -3.08. The van der Waals surface area contributed by atoms with Gasteiger partial charge in [0.05, 0.1) is 29.9 Å². The van der Waals surface area contributed by atoms with Crippen molar-refractivity contribution in [3.05, 3.63) is 53.6 Å². The van der Waals surface area contributed by atoms with E-state index < -0.39 is 11.3 Å². The number of fused-ring (bicyclic) bond motifs is 2. The summed E-state index contributed by atoms with van der Waals surface area (Å²) in [7, 11) is 1.76. The molecule has 3 atom stereocenters. The first-order valence-corrected chi connectivity index (χ1v) is 10.2. The molecular formula is C23H24N4O3. The second kappa shape index (κ2) is 6.73. The summed E-state index contributed by atoms with van der Waals surface area (Å²) in [6.45, 7) is 2.57. The fraction of sp³-hybridized carbons (Fsp3) is 0.391. The summed E-state index contributed by atoms with van der Waals surface area (Å²) >= 11 is 0. The van der Waals surface area contributed by atoms with E-state index in [9.17, 15) is 5.26 Å². The van der Waals surface area contributed by atoms with Gasteiger partial charge in [0.2, 0.25) is 11.7 Å². The van der Waals surface area contributed by atoms with Crippen LogP contribution in [-0.2, 0) is 15.3 Å². The van der Waals surface area contributed by atoms with E-state index in [-0.39, 0.29) is 6.10 Å². The van der Waals surface area contributed by atoms with E-state index in [1.807, 2.05) is 36.4 Å². The molecule has 0 saturated carbocycles. The lowest BCUT2D eigenvalue weighted by atomic mass is 9.80. The monoisotopic (exact) mass is 404 g/mol. The Kier molecular flexibility index (Phi) is 4.24. The summed E-state index contributed by atoms with van der Waals surface area (Å²) in [6, 6.07) is 15.7. The molecule has 1 unspecified atom stereocenters. The minimum Gasteiger partial charge on any atom is -0.484 e. The van der Waals surface area contributed by atoms with Crippen molar-refractivity contribution in [2.75, 3.05) is 13.7 Å². The molecule has 3 aliphatic heterocycles. The van der Waals surface area contributed by atoms with E-state index in [0.29, 0.717) is 24.6 Å². The highest BCUT2D eigenvalue weighted by Crippen LogP contribution is 2.52. The van der Waals surface area contributed by atoms with Gasteiger partial charge in [-0.1, -0.05) is 18.2 Å². The van der Waals surface area contributed by atoms with Gasteiger partial charge < -0.3 is 15.2 Å². The summed E-state index contributed by atoms with van der Waals surface area (Å²) in [5, 5.41) is 10.8. The molecule has 2 aromatic rings. The average molecular weight is 404 g/mol. The second-order valence-electron chi connectivity index (χ2n) is 8.37. The molecule has 3 aliphatic rings. The molecule has 7 heteroatoms. The molecule has 7 nitrogen and oxygen atoms in total. The van der Waals surface area contributed by atoms with Crippen LogP contribution in [0.15, 0.2) is 47.5 Å². The maximum absolute atomic E-state index is 9.25. The van der Waals surface area contributed by atoms with Crippen molar-refractivity contribution in [3.8, 4) is 22.9 Å². The van der Waals surface area contributed by atoms with Crippen LogP contribution in [0.25, 0.3) is 11.1 Å². The zero-order valence-corrected chi connectivity index (χ0v) is 17.1. The Balaban J connectivity index is 1.62. The van der Waals surface area contributed by atoms with Crippen molar-refractivity contribution in [2.45, 2.75) is 43.6 Å². The van der Waals surface area contributed by atoms with Gasteiger partial charge in [-0.3, -0.25) is 0 Å². The standard InChI is InChI=1S/C23H24N4O3/c1-15-8-9-22(14-28-15)13-23(26-21(25)27(2)30-23)19-11-18(6-7-20(19)29-22)17-5-3-4-16(10-17)12-24/h3-7,10-11,15H,8-9,13-14H2,1-2H3,(H2,25,26)/t15-,22+,23?/m1/s1. The molecule has 0 bridgehead atoms. The van der Waals surface area contributed by atoms with Gasteiger partial charge in [-0.2, -0.15) is 5.26 Å². The van der Waals surface area contributed by atoms with Crippen LogP contribution in [-0.4, -0.2) is 36.4 Å². The molecule has 2 aromatic carbocycles. The Morgan fingerprint density at radius 1 is 1.23 bits per heavy atom. The molecule has 30 heavy (non-hydrogen) atoms. The van der Waals surface area contributed by atoms with E-state index in [0.717, 1.165) is 35.3 Å². The number of hydroxylamine groups is 2. The lowest BCUT2D eigenvalue weighted by Crippen LogP contribution is -2.54. The molecule has 0 amide bonds. The van der Waals surface area contributed by atoms with E-state index >= 15 is 0 Å². The third kappa shape index (κ3) is 3.00. The molecule has 0 aromatic heterocycles. The first-order valence-electron chi connectivity index (χ1n) is 10.2. The van der Waals surface area contributed by atoms with Crippen molar-refractivity contribution in [3.63, 3.8) is 0 Å².